The average Bonchev–Trinajstić information content (AvgIpc) is 3.47. The fourth-order valence-corrected chi connectivity index (χ4v) is 5.26. The zero-order chi connectivity index (χ0) is 23.3. The molecule has 1 amide bonds. The fraction of sp³-hybridized carbons (Fsp3) is 0.500. The Labute approximate surface area is 197 Å². The van der Waals surface area contributed by atoms with Gasteiger partial charge in [0.05, 0.1) is 18.1 Å². The molecule has 33 heavy (non-hydrogen) atoms. The number of oxime groups is 1. The first-order valence-electron chi connectivity index (χ1n) is 11.0. The molecule has 0 radical (unpaired) electrons. The Morgan fingerprint density at radius 2 is 1.94 bits per heavy atom. The number of rotatable bonds is 8. The maximum atomic E-state index is 13.1. The number of amides is 1. The Balaban J connectivity index is 1.48. The van der Waals surface area contributed by atoms with E-state index in [4.69, 9.17) is 9.57 Å². The molecule has 2 fully saturated rings. The highest BCUT2D eigenvalue weighted by atomic mass is 32.2. The molecule has 0 bridgehead atoms. The summed E-state index contributed by atoms with van der Waals surface area (Å²) in [5.74, 6) is -0.452. The van der Waals surface area contributed by atoms with Crippen LogP contribution in [0.4, 0.5) is 5.13 Å². The first-order chi connectivity index (χ1) is 15.9. The molecule has 1 aliphatic carbocycles. The second-order valence-electron chi connectivity index (χ2n) is 8.22. The number of hydrogen-bond donors (Lipinski definition) is 1. The van der Waals surface area contributed by atoms with E-state index < -0.39 is 15.7 Å². The van der Waals surface area contributed by atoms with Crippen molar-refractivity contribution in [3.8, 4) is 0 Å². The lowest BCUT2D eigenvalue weighted by Gasteiger charge is -2.25. The van der Waals surface area contributed by atoms with Crippen molar-refractivity contribution in [3.05, 3.63) is 40.9 Å². The summed E-state index contributed by atoms with van der Waals surface area (Å²) in [6, 6.07) is 6.07. The largest absolute Gasteiger partial charge is 0.392 e. The molecule has 178 valence electrons. The first-order valence-corrected chi connectivity index (χ1v) is 13.7. The molecule has 2 aromatic rings. The number of nitrogens with zero attached hydrogens (tertiary/aromatic N) is 3. The van der Waals surface area contributed by atoms with Crippen molar-refractivity contribution in [1.29, 1.82) is 0 Å². The van der Waals surface area contributed by atoms with Crippen LogP contribution in [-0.2, 0) is 30.8 Å². The zero-order valence-electron chi connectivity index (χ0n) is 18.5. The van der Waals surface area contributed by atoms with Gasteiger partial charge in [0, 0.05) is 42.5 Å². The lowest BCUT2D eigenvalue weighted by molar-refractivity contribution is -0.110. The van der Waals surface area contributed by atoms with Crippen LogP contribution in [0.1, 0.15) is 36.1 Å². The first kappa shape index (κ1) is 23.8. The second kappa shape index (κ2) is 10.7. The molecule has 2 aliphatic rings. The molecule has 1 aromatic heterocycles. The van der Waals surface area contributed by atoms with E-state index in [-0.39, 0.29) is 16.7 Å². The van der Waals surface area contributed by atoms with Gasteiger partial charge < -0.3 is 9.57 Å². The quantitative estimate of drug-likeness (QED) is 0.446. The number of sulfone groups is 1. The van der Waals surface area contributed by atoms with E-state index in [0.717, 1.165) is 69.7 Å². The SMILES string of the molecule is CS(=O)(=O)c1ccc(/C(=N\OC2CCCC2)C(=O)Nc2ncc(CN3CCOCC3)s2)cc1. The Hall–Kier alpha value is -2.34. The summed E-state index contributed by atoms with van der Waals surface area (Å²) in [6.07, 6.45) is 6.87. The van der Waals surface area contributed by atoms with E-state index in [1.165, 1.54) is 23.5 Å². The van der Waals surface area contributed by atoms with Crippen molar-refractivity contribution in [3.63, 3.8) is 0 Å². The van der Waals surface area contributed by atoms with Crippen molar-refractivity contribution >= 4 is 37.9 Å². The number of morpholine rings is 1. The molecule has 4 rings (SSSR count). The third-order valence-electron chi connectivity index (χ3n) is 5.62. The summed E-state index contributed by atoms with van der Waals surface area (Å²) >= 11 is 1.42. The minimum Gasteiger partial charge on any atom is -0.392 e. The summed E-state index contributed by atoms with van der Waals surface area (Å²) in [7, 11) is -3.34. The number of benzene rings is 1. The summed E-state index contributed by atoms with van der Waals surface area (Å²) < 4.78 is 28.9. The van der Waals surface area contributed by atoms with Crippen molar-refractivity contribution in [2.45, 2.75) is 43.2 Å². The molecule has 1 saturated heterocycles. The summed E-state index contributed by atoms with van der Waals surface area (Å²) in [4.78, 5) is 26.6. The number of aromatic nitrogens is 1. The van der Waals surface area contributed by atoms with Gasteiger partial charge in [-0.15, -0.1) is 11.3 Å². The van der Waals surface area contributed by atoms with Crippen LogP contribution in [0.2, 0.25) is 0 Å². The lowest BCUT2D eigenvalue weighted by Crippen LogP contribution is -2.35. The van der Waals surface area contributed by atoms with Crippen LogP contribution < -0.4 is 5.32 Å². The van der Waals surface area contributed by atoms with Crippen LogP contribution in [0, 0.1) is 0 Å². The normalized spacial score (nSPS) is 18.4. The highest BCUT2D eigenvalue weighted by molar-refractivity contribution is 7.90. The number of carbonyl (C=O) groups is 1. The molecule has 1 N–H and O–H groups in total. The summed E-state index contributed by atoms with van der Waals surface area (Å²) in [5.41, 5.74) is 0.565. The van der Waals surface area contributed by atoms with Gasteiger partial charge in [0.15, 0.2) is 20.7 Å². The van der Waals surface area contributed by atoms with Gasteiger partial charge in [-0.2, -0.15) is 0 Å². The summed E-state index contributed by atoms with van der Waals surface area (Å²) in [5, 5.41) is 7.47. The van der Waals surface area contributed by atoms with Crippen LogP contribution in [0.15, 0.2) is 40.5 Å². The smallest absolute Gasteiger partial charge is 0.280 e. The van der Waals surface area contributed by atoms with Gasteiger partial charge in [0.1, 0.15) is 6.10 Å². The number of thiazole rings is 1. The van der Waals surface area contributed by atoms with Gasteiger partial charge in [0.2, 0.25) is 0 Å². The van der Waals surface area contributed by atoms with Crippen LogP contribution in [0.25, 0.3) is 0 Å². The van der Waals surface area contributed by atoms with Gasteiger partial charge in [0.25, 0.3) is 5.91 Å². The third kappa shape index (κ3) is 6.59. The van der Waals surface area contributed by atoms with E-state index in [9.17, 15) is 13.2 Å². The highest BCUT2D eigenvalue weighted by Gasteiger charge is 2.21. The van der Waals surface area contributed by atoms with Crippen molar-refractivity contribution in [1.82, 2.24) is 9.88 Å². The summed E-state index contributed by atoms with van der Waals surface area (Å²) in [6.45, 7) is 3.95. The molecular weight excluding hydrogens is 464 g/mol. The zero-order valence-corrected chi connectivity index (χ0v) is 20.2. The standard InChI is InChI=1S/C22H28N4O5S2/c1-33(28,29)19-8-6-16(7-9-19)20(25-31-17-4-2-3-5-17)21(27)24-22-23-14-18(32-22)15-26-10-12-30-13-11-26/h6-9,14,17H,2-5,10-13,15H2,1H3,(H,23,24,27)/b25-20+. The number of ether oxygens (including phenoxy) is 1. The van der Waals surface area contributed by atoms with E-state index in [0.29, 0.717) is 10.7 Å². The van der Waals surface area contributed by atoms with E-state index >= 15 is 0 Å². The third-order valence-corrected chi connectivity index (χ3v) is 7.65. The fourth-order valence-electron chi connectivity index (χ4n) is 3.78. The number of nitrogens with one attached hydrogen (secondary N) is 1. The second-order valence-corrected chi connectivity index (χ2v) is 11.4. The maximum absolute atomic E-state index is 13.1. The van der Waals surface area contributed by atoms with E-state index in [1.54, 1.807) is 18.3 Å². The van der Waals surface area contributed by atoms with Gasteiger partial charge >= 0.3 is 0 Å². The van der Waals surface area contributed by atoms with Gasteiger partial charge in [-0.3, -0.25) is 15.0 Å². The molecule has 0 atom stereocenters. The number of anilines is 1. The molecule has 0 unspecified atom stereocenters. The monoisotopic (exact) mass is 492 g/mol. The average molecular weight is 493 g/mol. The number of hydrogen-bond acceptors (Lipinski definition) is 9. The Morgan fingerprint density at radius 3 is 2.61 bits per heavy atom. The predicted molar refractivity (Wildman–Crippen MR) is 126 cm³/mol. The predicted octanol–water partition coefficient (Wildman–Crippen LogP) is 2.68. The van der Waals surface area contributed by atoms with Crippen LogP contribution in [0.5, 0.6) is 0 Å². The minimum absolute atomic E-state index is 0.0110. The maximum Gasteiger partial charge on any atom is 0.280 e. The van der Waals surface area contributed by atoms with Crippen LogP contribution >= 0.6 is 11.3 Å². The van der Waals surface area contributed by atoms with Gasteiger partial charge in [-0.1, -0.05) is 17.3 Å². The Bertz CT molecular complexity index is 1090. The van der Waals surface area contributed by atoms with Crippen molar-refractivity contribution < 1.29 is 22.8 Å². The molecule has 11 heteroatoms. The molecular formula is C22H28N4O5S2. The number of carbonyl (C=O) groups excluding carboxylic acids is 1. The van der Waals surface area contributed by atoms with Crippen molar-refractivity contribution in [2.75, 3.05) is 37.9 Å². The Morgan fingerprint density at radius 1 is 1.24 bits per heavy atom. The van der Waals surface area contributed by atoms with Gasteiger partial charge in [-0.25, -0.2) is 13.4 Å². The molecule has 1 aromatic carbocycles. The topological polar surface area (TPSA) is 110 Å². The molecule has 1 saturated carbocycles. The highest BCUT2D eigenvalue weighted by Crippen LogP contribution is 2.23. The van der Waals surface area contributed by atoms with Gasteiger partial charge in [-0.05, 0) is 37.8 Å². The molecule has 9 nitrogen and oxygen atoms in total. The molecule has 0 spiro atoms. The molecule has 2 heterocycles. The molecule has 1 aliphatic heterocycles. The van der Waals surface area contributed by atoms with Crippen LogP contribution in [0.3, 0.4) is 0 Å². The van der Waals surface area contributed by atoms with E-state index in [1.807, 2.05) is 0 Å². The van der Waals surface area contributed by atoms with Crippen LogP contribution in [-0.4, -0.2) is 68.6 Å². The Kier molecular flexibility index (Phi) is 7.74. The van der Waals surface area contributed by atoms with Crippen molar-refractivity contribution in [2.24, 2.45) is 5.16 Å². The lowest BCUT2D eigenvalue weighted by atomic mass is 10.1. The minimum atomic E-state index is -3.34. The van der Waals surface area contributed by atoms with E-state index in [2.05, 4.69) is 20.4 Å².